The highest BCUT2D eigenvalue weighted by molar-refractivity contribution is 6.15. The summed E-state index contributed by atoms with van der Waals surface area (Å²) in [5, 5.41) is 0. The zero-order valence-corrected chi connectivity index (χ0v) is 6.43. The fourth-order valence-electron chi connectivity index (χ4n) is 1.02. The van der Waals surface area contributed by atoms with Crippen LogP contribution < -0.4 is 0 Å². The Labute approximate surface area is 64.5 Å². The van der Waals surface area contributed by atoms with E-state index in [1.165, 1.54) is 0 Å². The Morgan fingerprint density at radius 2 is 2.50 bits per heavy atom. The van der Waals surface area contributed by atoms with Gasteiger partial charge in [0.05, 0.1) is 12.3 Å². The van der Waals surface area contributed by atoms with Crippen molar-refractivity contribution in [2.45, 2.75) is 12.5 Å². The molecule has 0 spiro atoms. The van der Waals surface area contributed by atoms with Crippen LogP contribution in [0.25, 0.3) is 0 Å². The summed E-state index contributed by atoms with van der Waals surface area (Å²) < 4.78 is 6.79. The van der Waals surface area contributed by atoms with Crippen molar-refractivity contribution >= 4 is 11.8 Å². The number of hydrogen-bond donors (Lipinski definition) is 0. The molecule has 1 aliphatic heterocycles. The number of ether oxygens (including phenoxy) is 1. The Kier molecular flexibility index (Phi) is 1.11. The van der Waals surface area contributed by atoms with Gasteiger partial charge in [0.25, 0.3) is 0 Å². The summed E-state index contributed by atoms with van der Waals surface area (Å²) in [5.74, 6) is 0. The summed E-state index contributed by atoms with van der Waals surface area (Å²) in [6.45, 7) is 2.81. The summed E-state index contributed by atoms with van der Waals surface area (Å²) in [7, 11) is 0. The molecule has 1 aromatic rings. The van der Waals surface area contributed by atoms with Crippen molar-refractivity contribution < 1.29 is 4.74 Å². The van der Waals surface area contributed by atoms with Gasteiger partial charge in [-0.1, -0.05) is 0 Å². The highest BCUT2D eigenvalue weighted by Gasteiger charge is 2.43. The van der Waals surface area contributed by atoms with E-state index in [-0.39, 0.29) is 5.60 Å². The molecule has 2 rings (SSSR count). The molecule has 1 atom stereocenters. The van der Waals surface area contributed by atoms with E-state index in [0.717, 1.165) is 12.3 Å². The third kappa shape index (κ3) is 0.762. The molecule has 0 bridgehead atoms. The van der Waals surface area contributed by atoms with Crippen LogP contribution in [0.1, 0.15) is 12.6 Å². The maximum atomic E-state index is 5.80. The van der Waals surface area contributed by atoms with Crippen molar-refractivity contribution in [3.05, 3.63) is 24.0 Å². The van der Waals surface area contributed by atoms with Crippen molar-refractivity contribution in [1.29, 1.82) is 0 Å². The predicted molar refractivity (Wildman–Crippen MR) is 39.0 cm³/mol. The number of epoxide rings is 1. The summed E-state index contributed by atoms with van der Waals surface area (Å²) in [5.41, 5.74) is 0.930. The van der Waals surface area contributed by atoms with Crippen LogP contribution in [0.2, 0.25) is 0 Å². The number of aromatic nitrogens is 1. The van der Waals surface area contributed by atoms with E-state index in [1.807, 2.05) is 25.3 Å². The summed E-state index contributed by atoms with van der Waals surface area (Å²) in [4.78, 5) is 0. The number of rotatable bonds is 1. The van der Waals surface area contributed by atoms with Crippen LogP contribution in [0.4, 0.5) is 0 Å². The molecule has 0 aromatic carbocycles. The van der Waals surface area contributed by atoms with E-state index in [9.17, 15) is 0 Å². The molecule has 2 heterocycles. The minimum atomic E-state index is -0.106. The number of hydrogen-bond acceptors (Lipinski definition) is 1. The second-order valence-corrected chi connectivity index (χ2v) is 3.09. The van der Waals surface area contributed by atoms with Gasteiger partial charge in [-0.2, -0.15) is 0 Å². The Morgan fingerprint density at radius 1 is 1.80 bits per heavy atom. The molecular weight excluding hydrogens is 150 g/mol. The van der Waals surface area contributed by atoms with Gasteiger partial charge in [-0.3, -0.25) is 4.09 Å². The van der Waals surface area contributed by atoms with E-state index in [2.05, 4.69) is 0 Å². The molecule has 0 saturated carbocycles. The maximum absolute atomic E-state index is 5.80. The minimum Gasteiger partial charge on any atom is -0.363 e. The number of nitrogens with zero attached hydrogens (tertiary/aromatic N) is 1. The van der Waals surface area contributed by atoms with Gasteiger partial charge in [0.1, 0.15) is 5.60 Å². The first-order valence-electron chi connectivity index (χ1n) is 3.20. The fraction of sp³-hybridized carbons (Fsp3) is 0.429. The van der Waals surface area contributed by atoms with E-state index >= 15 is 0 Å². The number of halogens is 1. The fourth-order valence-corrected chi connectivity index (χ4v) is 1.32. The average molecular weight is 158 g/mol. The molecule has 0 N–H and O–H groups in total. The topological polar surface area (TPSA) is 17.5 Å². The first-order valence-corrected chi connectivity index (χ1v) is 3.54. The highest BCUT2D eigenvalue weighted by atomic mass is 35.5. The lowest BCUT2D eigenvalue weighted by Crippen LogP contribution is -2.04. The van der Waals surface area contributed by atoms with Gasteiger partial charge in [0, 0.05) is 18.0 Å². The second kappa shape index (κ2) is 1.77. The summed E-state index contributed by atoms with van der Waals surface area (Å²) in [6, 6.07) is 3.88. The summed E-state index contributed by atoms with van der Waals surface area (Å²) in [6.07, 6.45) is 1.81. The van der Waals surface area contributed by atoms with Crippen molar-refractivity contribution in [3.63, 3.8) is 0 Å². The standard InChI is InChI=1S/C7H8ClNO/c1-7(5-10-7)6-3-2-4-9(6)8/h2-4H,5H2,1H3. The highest BCUT2D eigenvalue weighted by Crippen LogP contribution is 2.38. The minimum absolute atomic E-state index is 0.106. The molecule has 1 aliphatic rings. The lowest BCUT2D eigenvalue weighted by molar-refractivity contribution is 0.323. The predicted octanol–water partition coefficient (Wildman–Crippen LogP) is 1.74. The summed E-state index contributed by atoms with van der Waals surface area (Å²) >= 11 is 5.80. The van der Waals surface area contributed by atoms with Gasteiger partial charge in [-0.05, 0) is 19.1 Å². The van der Waals surface area contributed by atoms with Gasteiger partial charge in [0.15, 0.2) is 0 Å². The first kappa shape index (κ1) is 6.25. The van der Waals surface area contributed by atoms with Crippen LogP contribution in [0, 0.1) is 0 Å². The Hall–Kier alpha value is -0.470. The van der Waals surface area contributed by atoms with Gasteiger partial charge in [-0.25, -0.2) is 0 Å². The smallest absolute Gasteiger partial charge is 0.130 e. The van der Waals surface area contributed by atoms with E-state index in [1.54, 1.807) is 4.09 Å². The van der Waals surface area contributed by atoms with Crippen LogP contribution in [-0.2, 0) is 10.3 Å². The monoisotopic (exact) mass is 157 g/mol. The molecule has 10 heavy (non-hydrogen) atoms. The van der Waals surface area contributed by atoms with Crippen molar-refractivity contribution in [2.75, 3.05) is 6.61 Å². The zero-order chi connectivity index (χ0) is 7.19. The molecule has 1 saturated heterocycles. The Balaban J connectivity index is 2.42. The quantitative estimate of drug-likeness (QED) is 0.568. The third-order valence-electron chi connectivity index (χ3n) is 1.82. The first-order chi connectivity index (χ1) is 4.72. The molecule has 1 aromatic heterocycles. The SMILES string of the molecule is CC1(c2cccn2Cl)CO1. The van der Waals surface area contributed by atoms with Gasteiger partial charge in [0.2, 0.25) is 0 Å². The van der Waals surface area contributed by atoms with Crippen LogP contribution in [0.5, 0.6) is 0 Å². The van der Waals surface area contributed by atoms with Gasteiger partial charge in [-0.15, -0.1) is 0 Å². The normalized spacial score (nSPS) is 30.6. The van der Waals surface area contributed by atoms with E-state index < -0.39 is 0 Å². The van der Waals surface area contributed by atoms with E-state index in [4.69, 9.17) is 16.5 Å². The molecule has 54 valence electrons. The third-order valence-corrected chi connectivity index (χ3v) is 2.12. The molecule has 0 amide bonds. The second-order valence-electron chi connectivity index (χ2n) is 2.72. The molecule has 1 unspecified atom stereocenters. The molecule has 0 radical (unpaired) electrons. The van der Waals surface area contributed by atoms with Gasteiger partial charge < -0.3 is 4.74 Å². The van der Waals surface area contributed by atoms with Crippen LogP contribution in [0.15, 0.2) is 18.3 Å². The van der Waals surface area contributed by atoms with E-state index in [0.29, 0.717) is 0 Å². The van der Waals surface area contributed by atoms with Crippen molar-refractivity contribution in [2.24, 2.45) is 0 Å². The Bertz CT molecular complexity index is 252. The van der Waals surface area contributed by atoms with Gasteiger partial charge >= 0.3 is 0 Å². The molecule has 0 aliphatic carbocycles. The zero-order valence-electron chi connectivity index (χ0n) is 5.67. The van der Waals surface area contributed by atoms with Crippen LogP contribution >= 0.6 is 11.8 Å². The molecule has 3 heteroatoms. The molecular formula is C7H8ClNO. The Morgan fingerprint density at radius 3 is 2.90 bits per heavy atom. The lowest BCUT2D eigenvalue weighted by Gasteiger charge is -2.02. The van der Waals surface area contributed by atoms with Crippen LogP contribution in [0.3, 0.4) is 0 Å². The molecule has 2 nitrogen and oxygen atoms in total. The maximum Gasteiger partial charge on any atom is 0.130 e. The molecule has 1 fully saturated rings. The lowest BCUT2D eigenvalue weighted by atomic mass is 10.1. The van der Waals surface area contributed by atoms with Crippen molar-refractivity contribution in [1.82, 2.24) is 4.09 Å². The average Bonchev–Trinajstić information content (AvgIpc) is 2.44. The van der Waals surface area contributed by atoms with Crippen LogP contribution in [-0.4, -0.2) is 10.7 Å². The largest absolute Gasteiger partial charge is 0.363 e. The van der Waals surface area contributed by atoms with Crippen molar-refractivity contribution in [3.8, 4) is 0 Å².